The molecule has 0 saturated heterocycles. The van der Waals surface area contributed by atoms with E-state index in [-0.39, 0.29) is 11.8 Å². The third kappa shape index (κ3) is 5.12. The molecular formula is C19H22N2O3. The molecule has 0 aliphatic carbocycles. The Morgan fingerprint density at radius 2 is 1.50 bits per heavy atom. The summed E-state index contributed by atoms with van der Waals surface area (Å²) in [5.41, 5.74) is 2.48. The van der Waals surface area contributed by atoms with Crippen LogP contribution in [0.1, 0.15) is 25.8 Å². The molecule has 0 saturated carbocycles. The summed E-state index contributed by atoms with van der Waals surface area (Å²) in [6.45, 7) is 5.48. The van der Waals surface area contributed by atoms with Crippen LogP contribution in [0.4, 0.5) is 11.4 Å². The second-order valence-corrected chi connectivity index (χ2v) is 5.54. The summed E-state index contributed by atoms with van der Waals surface area (Å²) in [7, 11) is 0. The van der Waals surface area contributed by atoms with Crippen molar-refractivity contribution in [3.8, 4) is 5.75 Å². The van der Waals surface area contributed by atoms with Crippen LogP contribution in [0.3, 0.4) is 0 Å². The number of amides is 2. The van der Waals surface area contributed by atoms with Crippen molar-refractivity contribution in [2.75, 3.05) is 10.6 Å². The average molecular weight is 326 g/mol. The van der Waals surface area contributed by atoms with E-state index in [9.17, 15) is 9.59 Å². The molecule has 2 amide bonds. The van der Waals surface area contributed by atoms with E-state index in [0.717, 1.165) is 5.56 Å². The Hall–Kier alpha value is -2.82. The Labute approximate surface area is 142 Å². The lowest BCUT2D eigenvalue weighted by atomic mass is 10.2. The van der Waals surface area contributed by atoms with E-state index in [4.69, 9.17) is 4.74 Å². The topological polar surface area (TPSA) is 67.4 Å². The third-order valence-corrected chi connectivity index (χ3v) is 3.46. The SMILES string of the molecule is CCC(=O)Nc1ccc(NC(=O)[C@@H](C)Oc2ccc(C)cc2)cc1. The second kappa shape index (κ2) is 8.15. The molecule has 24 heavy (non-hydrogen) atoms. The van der Waals surface area contributed by atoms with E-state index >= 15 is 0 Å². The molecule has 0 radical (unpaired) electrons. The maximum atomic E-state index is 12.2. The summed E-state index contributed by atoms with van der Waals surface area (Å²) in [4.78, 5) is 23.5. The van der Waals surface area contributed by atoms with Crippen LogP contribution in [-0.4, -0.2) is 17.9 Å². The number of carbonyl (C=O) groups excluding carboxylic acids is 2. The molecule has 0 unspecified atom stereocenters. The molecular weight excluding hydrogens is 304 g/mol. The molecule has 0 aromatic heterocycles. The molecule has 5 heteroatoms. The Bertz CT molecular complexity index is 694. The smallest absolute Gasteiger partial charge is 0.265 e. The lowest BCUT2D eigenvalue weighted by Gasteiger charge is -2.15. The molecule has 0 heterocycles. The minimum absolute atomic E-state index is 0.0492. The molecule has 2 N–H and O–H groups in total. The van der Waals surface area contributed by atoms with Crippen LogP contribution in [0.2, 0.25) is 0 Å². The van der Waals surface area contributed by atoms with Crippen LogP contribution in [0.5, 0.6) is 5.75 Å². The molecule has 2 aromatic rings. The van der Waals surface area contributed by atoms with Crippen molar-refractivity contribution < 1.29 is 14.3 Å². The van der Waals surface area contributed by atoms with Crippen molar-refractivity contribution in [2.24, 2.45) is 0 Å². The summed E-state index contributed by atoms with van der Waals surface area (Å²) in [5.74, 6) is 0.369. The van der Waals surface area contributed by atoms with Gasteiger partial charge in [-0.05, 0) is 50.2 Å². The normalized spacial score (nSPS) is 11.5. The fourth-order valence-electron chi connectivity index (χ4n) is 2.00. The zero-order valence-corrected chi connectivity index (χ0v) is 14.1. The quantitative estimate of drug-likeness (QED) is 0.849. The van der Waals surface area contributed by atoms with E-state index in [0.29, 0.717) is 23.5 Å². The Morgan fingerprint density at radius 3 is 2.04 bits per heavy atom. The molecule has 5 nitrogen and oxygen atoms in total. The van der Waals surface area contributed by atoms with Crippen molar-refractivity contribution in [3.63, 3.8) is 0 Å². The van der Waals surface area contributed by atoms with Crippen molar-refractivity contribution in [2.45, 2.75) is 33.3 Å². The molecule has 126 valence electrons. The first-order valence-corrected chi connectivity index (χ1v) is 7.92. The van der Waals surface area contributed by atoms with E-state index < -0.39 is 6.10 Å². The van der Waals surface area contributed by atoms with Gasteiger partial charge in [0.25, 0.3) is 5.91 Å². The van der Waals surface area contributed by atoms with Gasteiger partial charge in [0, 0.05) is 17.8 Å². The van der Waals surface area contributed by atoms with E-state index in [1.165, 1.54) is 0 Å². The molecule has 0 fully saturated rings. The molecule has 2 rings (SSSR count). The number of aryl methyl sites for hydroxylation is 1. The fourth-order valence-corrected chi connectivity index (χ4v) is 2.00. The Balaban J connectivity index is 1.91. The number of hydrogen-bond donors (Lipinski definition) is 2. The lowest BCUT2D eigenvalue weighted by molar-refractivity contribution is -0.122. The van der Waals surface area contributed by atoms with Crippen LogP contribution < -0.4 is 15.4 Å². The van der Waals surface area contributed by atoms with Gasteiger partial charge in [0.15, 0.2) is 6.10 Å². The number of carbonyl (C=O) groups is 2. The fraction of sp³-hybridized carbons (Fsp3) is 0.263. The molecule has 1 atom stereocenters. The summed E-state index contributed by atoms with van der Waals surface area (Å²) in [5, 5.41) is 5.55. The van der Waals surface area contributed by atoms with E-state index in [2.05, 4.69) is 10.6 Å². The first-order valence-electron chi connectivity index (χ1n) is 7.92. The molecule has 0 bridgehead atoms. The Morgan fingerprint density at radius 1 is 0.958 bits per heavy atom. The maximum Gasteiger partial charge on any atom is 0.265 e. The molecule has 0 spiro atoms. The van der Waals surface area contributed by atoms with Crippen LogP contribution in [0.25, 0.3) is 0 Å². The van der Waals surface area contributed by atoms with Crippen molar-refractivity contribution >= 4 is 23.2 Å². The predicted octanol–water partition coefficient (Wildman–Crippen LogP) is 3.75. The Kier molecular flexibility index (Phi) is 5.95. The van der Waals surface area contributed by atoms with E-state index in [1.54, 1.807) is 38.1 Å². The standard InChI is InChI=1S/C19H22N2O3/c1-4-18(22)20-15-7-9-16(10-8-15)21-19(23)14(3)24-17-11-5-13(2)6-12-17/h5-12,14H,4H2,1-3H3,(H,20,22)(H,21,23)/t14-/m1/s1. The monoisotopic (exact) mass is 326 g/mol. The number of ether oxygens (including phenoxy) is 1. The molecule has 0 aliphatic heterocycles. The predicted molar refractivity (Wildman–Crippen MR) is 95.3 cm³/mol. The van der Waals surface area contributed by atoms with Gasteiger partial charge in [-0.15, -0.1) is 0 Å². The summed E-state index contributed by atoms with van der Waals surface area (Å²) in [6, 6.07) is 14.5. The highest BCUT2D eigenvalue weighted by atomic mass is 16.5. The van der Waals surface area contributed by atoms with Crippen LogP contribution in [0.15, 0.2) is 48.5 Å². The van der Waals surface area contributed by atoms with Gasteiger partial charge in [-0.1, -0.05) is 24.6 Å². The number of anilines is 2. The van der Waals surface area contributed by atoms with Gasteiger partial charge >= 0.3 is 0 Å². The summed E-state index contributed by atoms with van der Waals surface area (Å²) in [6.07, 6.45) is -0.195. The number of rotatable bonds is 6. The molecule has 0 aliphatic rings. The lowest BCUT2D eigenvalue weighted by Crippen LogP contribution is -2.30. The van der Waals surface area contributed by atoms with Gasteiger partial charge in [0.2, 0.25) is 5.91 Å². The van der Waals surface area contributed by atoms with Crippen molar-refractivity contribution in [1.29, 1.82) is 0 Å². The van der Waals surface area contributed by atoms with Gasteiger partial charge in [0.05, 0.1) is 0 Å². The highest BCUT2D eigenvalue weighted by molar-refractivity contribution is 5.95. The third-order valence-electron chi connectivity index (χ3n) is 3.46. The van der Waals surface area contributed by atoms with E-state index in [1.807, 2.05) is 31.2 Å². The minimum Gasteiger partial charge on any atom is -0.481 e. The zero-order valence-electron chi connectivity index (χ0n) is 14.1. The zero-order chi connectivity index (χ0) is 17.5. The van der Waals surface area contributed by atoms with Gasteiger partial charge in [-0.3, -0.25) is 9.59 Å². The first-order chi connectivity index (χ1) is 11.5. The van der Waals surface area contributed by atoms with Crippen molar-refractivity contribution in [1.82, 2.24) is 0 Å². The molecule has 2 aromatic carbocycles. The van der Waals surface area contributed by atoms with Gasteiger partial charge < -0.3 is 15.4 Å². The largest absolute Gasteiger partial charge is 0.481 e. The summed E-state index contributed by atoms with van der Waals surface area (Å²) < 4.78 is 5.63. The van der Waals surface area contributed by atoms with Gasteiger partial charge in [-0.2, -0.15) is 0 Å². The van der Waals surface area contributed by atoms with Crippen LogP contribution in [0, 0.1) is 6.92 Å². The van der Waals surface area contributed by atoms with Crippen LogP contribution >= 0.6 is 0 Å². The number of benzene rings is 2. The first kappa shape index (κ1) is 17.5. The summed E-state index contributed by atoms with van der Waals surface area (Å²) >= 11 is 0. The highest BCUT2D eigenvalue weighted by Crippen LogP contribution is 2.16. The highest BCUT2D eigenvalue weighted by Gasteiger charge is 2.14. The van der Waals surface area contributed by atoms with Crippen LogP contribution in [-0.2, 0) is 9.59 Å². The second-order valence-electron chi connectivity index (χ2n) is 5.54. The van der Waals surface area contributed by atoms with Crippen molar-refractivity contribution in [3.05, 3.63) is 54.1 Å². The number of nitrogens with one attached hydrogen (secondary N) is 2. The van der Waals surface area contributed by atoms with Gasteiger partial charge in [0.1, 0.15) is 5.75 Å². The van der Waals surface area contributed by atoms with Gasteiger partial charge in [-0.25, -0.2) is 0 Å². The average Bonchev–Trinajstić information content (AvgIpc) is 2.58. The number of hydrogen-bond acceptors (Lipinski definition) is 3. The maximum absolute atomic E-state index is 12.2. The minimum atomic E-state index is -0.618.